The topological polar surface area (TPSA) is 82.1 Å². The number of amides is 1. The van der Waals surface area contributed by atoms with Crippen molar-refractivity contribution in [2.24, 2.45) is 10.3 Å². The lowest BCUT2D eigenvalue weighted by Gasteiger charge is -2.35. The van der Waals surface area contributed by atoms with E-state index in [1.54, 1.807) is 23.3 Å². The van der Waals surface area contributed by atoms with Crippen LogP contribution in [0.25, 0.3) is 0 Å². The molecule has 0 atom stereocenters. The van der Waals surface area contributed by atoms with Gasteiger partial charge in [0.15, 0.2) is 5.84 Å². The van der Waals surface area contributed by atoms with E-state index >= 15 is 0 Å². The highest BCUT2D eigenvalue weighted by atomic mass is 32.2. The maximum Gasteiger partial charge on any atom is 0.257 e. The Morgan fingerprint density at radius 1 is 1.33 bits per heavy atom. The molecule has 1 saturated heterocycles. The molecular formula is C16H24N4O3S. The Morgan fingerprint density at radius 2 is 2.08 bits per heavy atom. The van der Waals surface area contributed by atoms with Crippen LogP contribution in [0.4, 0.5) is 0 Å². The Bertz CT molecular complexity index is 688. The van der Waals surface area contributed by atoms with E-state index in [-0.39, 0.29) is 17.5 Å². The standard InChI is InChI=1S/C16H24N4O3S/c1-2-17-12-13-5-8-20(9-6-13)16(21)14-4-3-7-19-10-11-24(22,23)18-15(14)19/h3-4,7,13,17H,2,5-6,8-12H2,1H3. The van der Waals surface area contributed by atoms with Crippen molar-refractivity contribution in [3.05, 3.63) is 23.9 Å². The fraction of sp³-hybridized carbons (Fsp3) is 0.625. The van der Waals surface area contributed by atoms with Gasteiger partial charge in [-0.25, -0.2) is 8.42 Å². The Morgan fingerprint density at radius 3 is 2.79 bits per heavy atom. The van der Waals surface area contributed by atoms with Gasteiger partial charge in [-0.15, -0.1) is 4.40 Å². The van der Waals surface area contributed by atoms with Gasteiger partial charge in [-0.05, 0) is 44.0 Å². The first-order valence-electron chi connectivity index (χ1n) is 8.48. The van der Waals surface area contributed by atoms with E-state index in [9.17, 15) is 13.2 Å². The van der Waals surface area contributed by atoms with Gasteiger partial charge in [0.05, 0.1) is 11.3 Å². The molecular weight excluding hydrogens is 328 g/mol. The van der Waals surface area contributed by atoms with E-state index in [1.807, 2.05) is 4.90 Å². The lowest BCUT2D eigenvalue weighted by molar-refractivity contribution is -0.128. The Balaban J connectivity index is 1.70. The second-order valence-corrected chi connectivity index (χ2v) is 8.11. The number of hydrogen-bond acceptors (Lipinski definition) is 5. The Hall–Kier alpha value is -1.67. The predicted octanol–water partition coefficient (Wildman–Crippen LogP) is 0.332. The lowest BCUT2D eigenvalue weighted by atomic mass is 9.96. The highest BCUT2D eigenvalue weighted by Gasteiger charge is 2.33. The number of hydrogen-bond donors (Lipinski definition) is 1. The van der Waals surface area contributed by atoms with E-state index in [2.05, 4.69) is 16.6 Å². The Kier molecular flexibility index (Phi) is 5.05. The van der Waals surface area contributed by atoms with Gasteiger partial charge in [0, 0.05) is 25.8 Å². The first-order chi connectivity index (χ1) is 11.5. The first kappa shape index (κ1) is 17.2. The van der Waals surface area contributed by atoms with Crippen molar-refractivity contribution < 1.29 is 13.2 Å². The third kappa shape index (κ3) is 3.70. The summed E-state index contributed by atoms with van der Waals surface area (Å²) >= 11 is 0. The zero-order valence-corrected chi connectivity index (χ0v) is 14.8. The van der Waals surface area contributed by atoms with E-state index in [4.69, 9.17) is 0 Å². The lowest BCUT2D eigenvalue weighted by Crippen LogP contribution is -2.46. The van der Waals surface area contributed by atoms with Gasteiger partial charge in [-0.3, -0.25) is 4.79 Å². The molecule has 3 rings (SSSR count). The molecule has 3 aliphatic heterocycles. The van der Waals surface area contributed by atoms with Gasteiger partial charge in [0.25, 0.3) is 15.9 Å². The molecule has 0 aromatic carbocycles. The highest BCUT2D eigenvalue weighted by molar-refractivity contribution is 7.90. The third-order valence-electron chi connectivity index (χ3n) is 4.67. The molecule has 3 aliphatic rings. The minimum absolute atomic E-state index is 0.0157. The molecule has 1 fully saturated rings. The van der Waals surface area contributed by atoms with Gasteiger partial charge >= 0.3 is 0 Å². The summed E-state index contributed by atoms with van der Waals surface area (Å²) in [5.41, 5.74) is 0.380. The van der Waals surface area contributed by atoms with Gasteiger partial charge in [-0.1, -0.05) is 6.92 Å². The highest BCUT2D eigenvalue weighted by Crippen LogP contribution is 2.22. The number of nitrogens with zero attached hydrogens (tertiary/aromatic N) is 3. The molecule has 0 aromatic rings. The van der Waals surface area contributed by atoms with Crippen LogP contribution in [0, 0.1) is 5.92 Å². The van der Waals surface area contributed by atoms with E-state index in [0.717, 1.165) is 25.9 Å². The summed E-state index contributed by atoms with van der Waals surface area (Å²) in [6, 6.07) is 0. The molecule has 3 heterocycles. The average Bonchev–Trinajstić information content (AvgIpc) is 2.58. The van der Waals surface area contributed by atoms with Crippen LogP contribution in [0.2, 0.25) is 0 Å². The van der Waals surface area contributed by atoms with E-state index < -0.39 is 10.0 Å². The molecule has 132 valence electrons. The van der Waals surface area contributed by atoms with Gasteiger partial charge in [-0.2, -0.15) is 0 Å². The fourth-order valence-electron chi connectivity index (χ4n) is 3.24. The van der Waals surface area contributed by atoms with Gasteiger partial charge < -0.3 is 15.1 Å². The van der Waals surface area contributed by atoms with Crippen molar-refractivity contribution in [1.29, 1.82) is 0 Å². The summed E-state index contributed by atoms with van der Waals surface area (Å²) < 4.78 is 27.4. The monoisotopic (exact) mass is 352 g/mol. The van der Waals surface area contributed by atoms with Crippen LogP contribution in [-0.2, 0) is 14.8 Å². The fourth-order valence-corrected chi connectivity index (χ4v) is 4.23. The number of nitrogens with one attached hydrogen (secondary N) is 1. The largest absolute Gasteiger partial charge is 0.339 e. The molecule has 24 heavy (non-hydrogen) atoms. The van der Waals surface area contributed by atoms with Crippen LogP contribution >= 0.6 is 0 Å². The minimum atomic E-state index is -3.48. The van der Waals surface area contributed by atoms with Crippen molar-refractivity contribution in [2.45, 2.75) is 19.8 Å². The number of carbonyl (C=O) groups excluding carboxylic acids is 1. The molecule has 8 heteroatoms. The van der Waals surface area contributed by atoms with Crippen molar-refractivity contribution >= 4 is 21.8 Å². The van der Waals surface area contributed by atoms with Crippen molar-refractivity contribution in [3.8, 4) is 0 Å². The molecule has 7 nitrogen and oxygen atoms in total. The second-order valence-electron chi connectivity index (χ2n) is 6.36. The normalized spacial score (nSPS) is 23.5. The van der Waals surface area contributed by atoms with Crippen molar-refractivity contribution in [2.75, 3.05) is 38.5 Å². The van der Waals surface area contributed by atoms with Gasteiger partial charge in [0.2, 0.25) is 0 Å². The molecule has 0 aromatic heterocycles. The van der Waals surface area contributed by atoms with E-state index in [0.29, 0.717) is 31.1 Å². The molecule has 0 unspecified atom stereocenters. The average molecular weight is 352 g/mol. The number of amidine groups is 1. The van der Waals surface area contributed by atoms with Crippen LogP contribution in [0.5, 0.6) is 0 Å². The predicted molar refractivity (Wildman–Crippen MR) is 93.0 cm³/mol. The first-order valence-corrected chi connectivity index (χ1v) is 10.1. The number of likely N-dealkylation sites (tertiary alicyclic amines) is 1. The number of carbonyl (C=O) groups is 1. The third-order valence-corrected chi connectivity index (χ3v) is 5.82. The summed E-state index contributed by atoms with van der Waals surface area (Å²) in [7, 11) is -3.48. The van der Waals surface area contributed by atoms with Crippen LogP contribution < -0.4 is 5.32 Å². The van der Waals surface area contributed by atoms with Gasteiger partial charge in [0.1, 0.15) is 0 Å². The summed E-state index contributed by atoms with van der Waals surface area (Å²) in [5.74, 6) is 0.724. The summed E-state index contributed by atoms with van der Waals surface area (Å²) in [6.45, 7) is 5.79. The smallest absolute Gasteiger partial charge is 0.257 e. The second kappa shape index (κ2) is 7.06. The number of piperidine rings is 1. The summed E-state index contributed by atoms with van der Waals surface area (Å²) in [5, 5.41) is 3.36. The SMILES string of the molecule is CCNCC1CCN(C(=O)C2=CC=CN3CCS(=O)(=O)N=C23)CC1. The number of sulfonamides is 1. The quantitative estimate of drug-likeness (QED) is 0.789. The number of rotatable bonds is 4. The zero-order chi connectivity index (χ0) is 17.2. The van der Waals surface area contributed by atoms with Crippen LogP contribution in [-0.4, -0.2) is 68.4 Å². The molecule has 0 radical (unpaired) electrons. The molecule has 0 aliphatic carbocycles. The molecule has 0 saturated carbocycles. The van der Waals surface area contributed by atoms with Crippen LogP contribution in [0.3, 0.4) is 0 Å². The van der Waals surface area contributed by atoms with Crippen molar-refractivity contribution in [3.63, 3.8) is 0 Å². The molecule has 0 bridgehead atoms. The summed E-state index contributed by atoms with van der Waals surface area (Å²) in [4.78, 5) is 16.4. The minimum Gasteiger partial charge on any atom is -0.339 e. The molecule has 1 N–H and O–H groups in total. The number of fused-ring (bicyclic) bond motifs is 1. The van der Waals surface area contributed by atoms with Crippen LogP contribution in [0.15, 0.2) is 28.3 Å². The van der Waals surface area contributed by atoms with Crippen molar-refractivity contribution in [1.82, 2.24) is 15.1 Å². The number of allylic oxidation sites excluding steroid dienone is 2. The Labute approximate surface area is 143 Å². The van der Waals surface area contributed by atoms with E-state index in [1.165, 1.54) is 0 Å². The molecule has 1 amide bonds. The maximum absolute atomic E-state index is 12.8. The maximum atomic E-state index is 12.8. The zero-order valence-electron chi connectivity index (χ0n) is 13.9. The van der Waals surface area contributed by atoms with Crippen LogP contribution in [0.1, 0.15) is 19.8 Å². The molecule has 0 spiro atoms. The summed E-state index contributed by atoms with van der Waals surface area (Å²) in [6.07, 6.45) is 7.16.